The van der Waals surface area contributed by atoms with E-state index in [1.807, 2.05) is 30.3 Å². The van der Waals surface area contributed by atoms with E-state index in [-0.39, 0.29) is 5.96 Å². The zero-order valence-corrected chi connectivity index (χ0v) is 11.4. The molecule has 0 atom stereocenters. The van der Waals surface area contributed by atoms with E-state index in [1.165, 1.54) is 5.56 Å². The first kappa shape index (κ1) is 13.2. The van der Waals surface area contributed by atoms with Crippen LogP contribution < -0.4 is 16.2 Å². The number of aliphatic imine (C=N–C) groups is 1. The van der Waals surface area contributed by atoms with Gasteiger partial charge in [-0.3, -0.25) is 4.79 Å². The molecule has 0 radical (unpaired) electrons. The molecule has 1 aliphatic heterocycles. The normalized spacial score (nSPS) is 12.4. The molecule has 0 saturated heterocycles. The maximum Gasteiger partial charge on any atom is 0.280 e. The van der Waals surface area contributed by atoms with Crippen LogP contribution in [0.2, 0.25) is 0 Å². The van der Waals surface area contributed by atoms with Gasteiger partial charge in [-0.2, -0.15) is 4.99 Å². The van der Waals surface area contributed by atoms with E-state index in [2.05, 4.69) is 4.99 Å². The zero-order valence-electron chi connectivity index (χ0n) is 11.4. The maximum absolute atomic E-state index is 11.9. The van der Waals surface area contributed by atoms with Gasteiger partial charge in [0.2, 0.25) is 0 Å². The number of nitrogens with zero attached hydrogens (tertiary/aromatic N) is 1. The van der Waals surface area contributed by atoms with Crippen molar-refractivity contribution in [2.75, 3.05) is 6.61 Å². The van der Waals surface area contributed by atoms with Gasteiger partial charge in [-0.15, -0.1) is 0 Å². The van der Waals surface area contributed by atoms with Crippen molar-refractivity contribution in [3.8, 4) is 16.9 Å². The Hall–Kier alpha value is -2.82. The second kappa shape index (κ2) is 5.28. The second-order valence-electron chi connectivity index (χ2n) is 4.80. The fourth-order valence-corrected chi connectivity index (χ4v) is 2.49. The summed E-state index contributed by atoms with van der Waals surface area (Å²) in [5.41, 5.74) is 14.1. The smallest absolute Gasteiger partial charge is 0.280 e. The second-order valence-corrected chi connectivity index (χ2v) is 4.80. The van der Waals surface area contributed by atoms with E-state index in [0.29, 0.717) is 12.2 Å². The third-order valence-corrected chi connectivity index (χ3v) is 3.39. The molecule has 0 saturated carbocycles. The number of rotatable bonds is 2. The summed E-state index contributed by atoms with van der Waals surface area (Å²) >= 11 is 0. The first-order valence-electron chi connectivity index (χ1n) is 6.64. The highest BCUT2D eigenvalue weighted by atomic mass is 16.5. The molecule has 3 rings (SSSR count). The third kappa shape index (κ3) is 2.58. The molecule has 5 heteroatoms. The van der Waals surface area contributed by atoms with Gasteiger partial charge in [0.05, 0.1) is 6.61 Å². The van der Waals surface area contributed by atoms with Gasteiger partial charge in [-0.1, -0.05) is 24.3 Å². The van der Waals surface area contributed by atoms with Crippen molar-refractivity contribution < 1.29 is 9.53 Å². The Morgan fingerprint density at radius 1 is 1.14 bits per heavy atom. The van der Waals surface area contributed by atoms with Crippen LogP contribution in [0, 0.1) is 0 Å². The lowest BCUT2D eigenvalue weighted by Gasteiger charge is -2.08. The molecular weight excluding hydrogens is 266 g/mol. The van der Waals surface area contributed by atoms with Crippen molar-refractivity contribution in [2.24, 2.45) is 16.5 Å². The highest BCUT2D eigenvalue weighted by Gasteiger charge is 2.17. The molecule has 0 spiro atoms. The minimum atomic E-state index is -0.444. The van der Waals surface area contributed by atoms with Crippen LogP contribution in [0.3, 0.4) is 0 Å². The summed E-state index contributed by atoms with van der Waals surface area (Å²) in [6.07, 6.45) is 0.873. The molecule has 4 N–H and O–H groups in total. The van der Waals surface area contributed by atoms with Crippen molar-refractivity contribution in [1.29, 1.82) is 0 Å². The highest BCUT2D eigenvalue weighted by Crippen LogP contribution is 2.34. The summed E-state index contributed by atoms with van der Waals surface area (Å²) in [7, 11) is 0. The van der Waals surface area contributed by atoms with Crippen LogP contribution in [0.1, 0.15) is 15.9 Å². The van der Waals surface area contributed by atoms with Crippen molar-refractivity contribution in [2.45, 2.75) is 6.42 Å². The van der Waals surface area contributed by atoms with Crippen molar-refractivity contribution in [3.05, 3.63) is 53.6 Å². The lowest BCUT2D eigenvalue weighted by Crippen LogP contribution is -2.24. The van der Waals surface area contributed by atoms with Gasteiger partial charge in [-0.05, 0) is 29.3 Å². The van der Waals surface area contributed by atoms with E-state index in [9.17, 15) is 4.79 Å². The molecule has 1 heterocycles. The minimum Gasteiger partial charge on any atom is -0.493 e. The molecule has 2 aromatic rings. The van der Waals surface area contributed by atoms with E-state index < -0.39 is 5.91 Å². The van der Waals surface area contributed by atoms with Crippen LogP contribution in [0.25, 0.3) is 11.1 Å². The molecular formula is C16H15N3O2. The van der Waals surface area contributed by atoms with Crippen molar-refractivity contribution >= 4 is 11.9 Å². The SMILES string of the molecule is NC(N)=NC(=O)c1cccc(-c2cccc3c2CCO3)c1. The van der Waals surface area contributed by atoms with E-state index in [0.717, 1.165) is 23.3 Å². The Morgan fingerprint density at radius 2 is 1.95 bits per heavy atom. The van der Waals surface area contributed by atoms with Crippen molar-refractivity contribution in [1.82, 2.24) is 0 Å². The first-order valence-corrected chi connectivity index (χ1v) is 6.64. The molecule has 106 valence electrons. The molecule has 2 aromatic carbocycles. The Labute approximate surface area is 122 Å². The standard InChI is InChI=1S/C16H15N3O2/c17-16(18)19-15(20)11-4-1-3-10(9-11)12-5-2-6-14-13(12)7-8-21-14/h1-6,9H,7-8H2,(H4,17,18,19,20). The number of carbonyl (C=O) groups excluding carboxylic acids is 1. The fraction of sp³-hybridized carbons (Fsp3) is 0.125. The van der Waals surface area contributed by atoms with Crippen LogP contribution in [-0.4, -0.2) is 18.5 Å². The number of hydrogen-bond donors (Lipinski definition) is 2. The van der Waals surface area contributed by atoms with Crippen LogP contribution >= 0.6 is 0 Å². The Bertz CT molecular complexity index is 734. The fourth-order valence-electron chi connectivity index (χ4n) is 2.49. The molecule has 0 fully saturated rings. The summed E-state index contributed by atoms with van der Waals surface area (Å²) in [6, 6.07) is 13.2. The molecule has 0 unspecified atom stereocenters. The highest BCUT2D eigenvalue weighted by molar-refractivity contribution is 6.02. The van der Waals surface area contributed by atoms with E-state index in [1.54, 1.807) is 12.1 Å². The van der Waals surface area contributed by atoms with Crippen LogP contribution in [0.4, 0.5) is 0 Å². The predicted molar refractivity (Wildman–Crippen MR) is 81.2 cm³/mol. The third-order valence-electron chi connectivity index (χ3n) is 3.39. The lowest BCUT2D eigenvalue weighted by molar-refractivity contribution is 0.100. The van der Waals surface area contributed by atoms with Crippen LogP contribution in [0.5, 0.6) is 5.75 Å². The largest absolute Gasteiger partial charge is 0.493 e. The van der Waals surface area contributed by atoms with Gasteiger partial charge < -0.3 is 16.2 Å². The van der Waals surface area contributed by atoms with Gasteiger partial charge in [0, 0.05) is 17.5 Å². The molecule has 0 aromatic heterocycles. The van der Waals surface area contributed by atoms with E-state index in [4.69, 9.17) is 16.2 Å². The Balaban J connectivity index is 2.03. The monoisotopic (exact) mass is 281 g/mol. The zero-order chi connectivity index (χ0) is 14.8. The summed E-state index contributed by atoms with van der Waals surface area (Å²) in [5, 5.41) is 0. The summed E-state index contributed by atoms with van der Waals surface area (Å²) in [6.45, 7) is 0.693. The quantitative estimate of drug-likeness (QED) is 0.647. The van der Waals surface area contributed by atoms with Gasteiger partial charge in [0.25, 0.3) is 5.91 Å². The molecule has 1 amide bonds. The first-order chi connectivity index (χ1) is 10.1. The number of benzene rings is 2. The minimum absolute atomic E-state index is 0.237. The van der Waals surface area contributed by atoms with Gasteiger partial charge in [0.15, 0.2) is 5.96 Å². The number of hydrogen-bond acceptors (Lipinski definition) is 2. The van der Waals surface area contributed by atoms with Gasteiger partial charge in [-0.25, -0.2) is 0 Å². The molecule has 1 aliphatic rings. The number of ether oxygens (including phenoxy) is 1. The number of guanidine groups is 1. The van der Waals surface area contributed by atoms with Crippen LogP contribution in [-0.2, 0) is 6.42 Å². The van der Waals surface area contributed by atoms with Crippen molar-refractivity contribution in [3.63, 3.8) is 0 Å². The topological polar surface area (TPSA) is 90.7 Å². The molecule has 5 nitrogen and oxygen atoms in total. The molecule has 21 heavy (non-hydrogen) atoms. The average molecular weight is 281 g/mol. The molecule has 0 aliphatic carbocycles. The maximum atomic E-state index is 11.9. The van der Waals surface area contributed by atoms with Crippen LogP contribution in [0.15, 0.2) is 47.5 Å². The summed E-state index contributed by atoms with van der Waals surface area (Å²) in [5.74, 6) is 0.230. The Morgan fingerprint density at radius 3 is 2.76 bits per heavy atom. The molecule has 0 bridgehead atoms. The predicted octanol–water partition coefficient (Wildman–Crippen LogP) is 1.70. The number of amides is 1. The number of nitrogens with two attached hydrogens (primary N) is 2. The van der Waals surface area contributed by atoms with E-state index >= 15 is 0 Å². The Kier molecular flexibility index (Phi) is 3.31. The number of fused-ring (bicyclic) bond motifs is 1. The number of carbonyl (C=O) groups is 1. The van der Waals surface area contributed by atoms with Gasteiger partial charge >= 0.3 is 0 Å². The summed E-state index contributed by atoms with van der Waals surface area (Å²) < 4.78 is 5.57. The lowest BCUT2D eigenvalue weighted by atomic mass is 9.96. The summed E-state index contributed by atoms with van der Waals surface area (Å²) in [4.78, 5) is 15.5. The van der Waals surface area contributed by atoms with Gasteiger partial charge in [0.1, 0.15) is 5.75 Å². The average Bonchev–Trinajstić information content (AvgIpc) is 2.95.